The Balaban J connectivity index is 3.66. The highest BCUT2D eigenvalue weighted by Crippen LogP contribution is 2.46. The molecule has 0 aromatic carbocycles. The molecule has 0 aliphatic heterocycles. The first kappa shape index (κ1) is 11.4. The Hall–Kier alpha value is -0.550. The summed E-state index contributed by atoms with van der Waals surface area (Å²) in [6.45, 7) is 1.27. The van der Waals surface area contributed by atoms with Crippen LogP contribution in [-0.2, 0) is 9.59 Å². The first-order valence-electron chi connectivity index (χ1n) is 3.19. The third-order valence-electron chi connectivity index (χ3n) is 1.05. The van der Waals surface area contributed by atoms with E-state index in [1.807, 2.05) is 0 Å². The van der Waals surface area contributed by atoms with E-state index in [9.17, 15) is 9.59 Å². The average molecular weight is 196 g/mol. The summed E-state index contributed by atoms with van der Waals surface area (Å²) in [5.74, 6) is -0.319. The van der Waals surface area contributed by atoms with Crippen LogP contribution >= 0.6 is 7.94 Å². The minimum Gasteiger partial charge on any atom is -0.356 e. The second-order valence-corrected chi connectivity index (χ2v) is 3.83. The molecule has 0 aliphatic carbocycles. The molecule has 0 spiro atoms. The van der Waals surface area contributed by atoms with Crippen LogP contribution in [-0.4, -0.2) is 32.7 Å². The molecular weight excluding hydrogens is 185 g/mol. The smallest absolute Gasteiger partial charge is 0.356 e. The van der Waals surface area contributed by atoms with Crippen molar-refractivity contribution in [2.75, 3.05) is 6.54 Å². The second kappa shape index (κ2) is 4.47. The Labute approximate surface area is 69.8 Å². The summed E-state index contributed by atoms with van der Waals surface area (Å²) in [4.78, 5) is 46.1. The molecule has 0 aromatic rings. The van der Waals surface area contributed by atoms with Crippen molar-refractivity contribution < 1.29 is 24.3 Å². The van der Waals surface area contributed by atoms with Gasteiger partial charge in [0.2, 0.25) is 5.91 Å². The molecule has 0 saturated heterocycles. The van der Waals surface area contributed by atoms with Crippen LogP contribution in [0.15, 0.2) is 0 Å². The monoisotopic (exact) mass is 196 g/mol. The number of hydrogen-bond donors (Lipinski definition) is 4. The van der Waals surface area contributed by atoms with Gasteiger partial charge in [0.25, 0.3) is 0 Å². The maximum atomic E-state index is 10.6. The van der Waals surface area contributed by atoms with Crippen LogP contribution in [0.5, 0.6) is 0 Å². The Morgan fingerprint density at radius 1 is 1.33 bits per heavy atom. The van der Waals surface area contributed by atoms with E-state index in [0.29, 0.717) is 0 Å². The maximum absolute atomic E-state index is 10.6. The number of hydrogen-bond acceptors (Lipinski definition) is 5. The zero-order chi connectivity index (χ0) is 9.78. The van der Waals surface area contributed by atoms with Gasteiger partial charge in [0.05, 0.1) is 6.42 Å². The minimum absolute atomic E-state index is 0.00238. The Morgan fingerprint density at radius 3 is 2.17 bits per heavy atom. The molecule has 0 aliphatic rings. The van der Waals surface area contributed by atoms with Crippen molar-refractivity contribution in [3.63, 3.8) is 0 Å². The first-order chi connectivity index (χ1) is 5.34. The molecule has 1 amide bonds. The van der Waals surface area contributed by atoms with Crippen molar-refractivity contribution in [1.29, 1.82) is 0 Å². The fourth-order valence-corrected chi connectivity index (χ4v) is 0.907. The van der Waals surface area contributed by atoms with Gasteiger partial charge in [-0.2, -0.15) is 14.7 Å². The molecule has 0 heterocycles. The average Bonchev–Trinajstić information content (AvgIpc) is 1.84. The largest absolute Gasteiger partial charge is 0.478 e. The van der Waals surface area contributed by atoms with Gasteiger partial charge in [-0.15, -0.1) is 0 Å². The Kier molecular flexibility index (Phi) is 4.26. The van der Waals surface area contributed by atoms with E-state index in [1.165, 1.54) is 6.92 Å². The van der Waals surface area contributed by atoms with Gasteiger partial charge in [-0.05, 0) is 0 Å². The van der Waals surface area contributed by atoms with Gasteiger partial charge in [0, 0.05) is 13.5 Å². The van der Waals surface area contributed by atoms with Gasteiger partial charge >= 0.3 is 13.5 Å². The van der Waals surface area contributed by atoms with E-state index in [2.05, 4.69) is 5.32 Å². The Bertz CT molecular complexity index is 187. The van der Waals surface area contributed by atoms with Crippen LogP contribution in [0.1, 0.15) is 13.3 Å². The zero-order valence-corrected chi connectivity index (χ0v) is 7.41. The van der Waals surface area contributed by atoms with Crippen LogP contribution in [0.3, 0.4) is 0 Å². The molecule has 0 radical (unpaired) electrons. The van der Waals surface area contributed by atoms with E-state index in [1.54, 1.807) is 0 Å². The van der Waals surface area contributed by atoms with Crippen molar-refractivity contribution in [2.24, 2.45) is 0 Å². The van der Waals surface area contributed by atoms with Crippen molar-refractivity contribution in [2.45, 2.75) is 13.3 Å². The van der Waals surface area contributed by atoms with Crippen LogP contribution in [0.25, 0.3) is 0 Å². The van der Waals surface area contributed by atoms with Gasteiger partial charge in [0.15, 0.2) is 0 Å². The fraction of sp³-hybridized carbons (Fsp3) is 0.600. The molecular formula is C5H11NO5P+. The molecule has 0 aromatic heterocycles. The van der Waals surface area contributed by atoms with Gasteiger partial charge < -0.3 is 5.32 Å². The molecule has 0 rings (SSSR count). The lowest BCUT2D eigenvalue weighted by atomic mass is 10.4. The van der Waals surface area contributed by atoms with Gasteiger partial charge in [-0.25, -0.2) is 4.79 Å². The van der Waals surface area contributed by atoms with Crippen molar-refractivity contribution in [3.05, 3.63) is 0 Å². The zero-order valence-electron chi connectivity index (χ0n) is 6.52. The lowest BCUT2D eigenvalue weighted by Gasteiger charge is -2.01. The van der Waals surface area contributed by atoms with E-state index >= 15 is 0 Å². The summed E-state index contributed by atoms with van der Waals surface area (Å²) < 4.78 is 0. The highest BCUT2D eigenvalue weighted by atomic mass is 31.2. The number of rotatable bonds is 4. The Morgan fingerprint density at radius 2 is 1.83 bits per heavy atom. The SMILES string of the molecule is CC(=O)NCCC(=O)[P+](O)(O)O. The number of carbonyl (C=O) groups is 2. The summed E-state index contributed by atoms with van der Waals surface area (Å²) in [7, 11) is -4.36. The predicted octanol–water partition coefficient (Wildman–Crippen LogP) is -1.22. The third kappa shape index (κ3) is 5.15. The van der Waals surface area contributed by atoms with Gasteiger partial charge in [0.1, 0.15) is 0 Å². The molecule has 0 unspecified atom stereocenters. The minimum atomic E-state index is -4.36. The predicted molar refractivity (Wildman–Crippen MR) is 41.9 cm³/mol. The van der Waals surface area contributed by atoms with Crippen LogP contribution in [0.4, 0.5) is 0 Å². The van der Waals surface area contributed by atoms with Crippen LogP contribution in [0.2, 0.25) is 0 Å². The number of amides is 1. The molecule has 7 heteroatoms. The quantitative estimate of drug-likeness (QED) is 0.421. The van der Waals surface area contributed by atoms with Crippen molar-refractivity contribution >= 4 is 19.4 Å². The summed E-state index contributed by atoms with van der Waals surface area (Å²) in [6, 6.07) is 0. The van der Waals surface area contributed by atoms with E-state index < -0.39 is 13.5 Å². The second-order valence-electron chi connectivity index (χ2n) is 2.20. The number of nitrogens with one attached hydrogen (secondary N) is 1. The molecule has 70 valence electrons. The topological polar surface area (TPSA) is 107 Å². The summed E-state index contributed by atoms with van der Waals surface area (Å²) in [6.07, 6.45) is -0.281. The third-order valence-corrected chi connectivity index (χ3v) is 1.94. The normalized spacial score (nSPS) is 11.0. The lowest BCUT2D eigenvalue weighted by molar-refractivity contribution is -0.119. The molecule has 0 fully saturated rings. The highest BCUT2D eigenvalue weighted by molar-refractivity contribution is 7.76. The summed E-state index contributed by atoms with van der Waals surface area (Å²) >= 11 is 0. The summed E-state index contributed by atoms with van der Waals surface area (Å²) in [5.41, 5.74) is -1.05. The van der Waals surface area contributed by atoms with Gasteiger partial charge in [-0.1, -0.05) is 0 Å². The van der Waals surface area contributed by atoms with Crippen LogP contribution in [0, 0.1) is 0 Å². The molecule has 4 N–H and O–H groups in total. The maximum Gasteiger partial charge on any atom is 0.478 e. The van der Waals surface area contributed by atoms with E-state index in [4.69, 9.17) is 14.7 Å². The molecule has 0 atom stereocenters. The first-order valence-corrected chi connectivity index (χ1v) is 4.84. The van der Waals surface area contributed by atoms with Crippen molar-refractivity contribution in [1.82, 2.24) is 5.32 Å². The molecule has 6 nitrogen and oxygen atoms in total. The molecule has 0 bridgehead atoms. The van der Waals surface area contributed by atoms with E-state index in [-0.39, 0.29) is 18.9 Å². The van der Waals surface area contributed by atoms with Crippen LogP contribution < -0.4 is 5.32 Å². The van der Waals surface area contributed by atoms with Crippen molar-refractivity contribution in [3.8, 4) is 0 Å². The summed E-state index contributed by atoms with van der Waals surface area (Å²) in [5, 5.41) is 2.27. The van der Waals surface area contributed by atoms with Gasteiger partial charge in [-0.3, -0.25) is 4.79 Å². The molecule has 12 heavy (non-hydrogen) atoms. The lowest BCUT2D eigenvalue weighted by Crippen LogP contribution is -2.23. The molecule has 0 saturated carbocycles. The fourth-order valence-electron chi connectivity index (χ4n) is 0.495. The number of carbonyl (C=O) groups excluding carboxylic acids is 2. The van der Waals surface area contributed by atoms with E-state index in [0.717, 1.165) is 0 Å². The standard InChI is InChI=1S/C5H10NO5P/c1-4(7)6-3-2-5(8)12(9,10)11/h9-11H,2-3H2,1H3/p+1. The highest BCUT2D eigenvalue weighted by Gasteiger charge is 2.41.